The smallest absolute Gasteiger partial charge is 0.140 e. The first-order chi connectivity index (χ1) is 8.20. The molecule has 0 spiro atoms. The van der Waals surface area contributed by atoms with Gasteiger partial charge in [-0.1, -0.05) is 20.8 Å². The largest absolute Gasteiger partial charge is 0.381 e. The van der Waals surface area contributed by atoms with Gasteiger partial charge in [0.05, 0.1) is 26.4 Å². The highest BCUT2D eigenvalue weighted by Crippen LogP contribution is 2.07. The second kappa shape index (κ2) is 10.4. The molecule has 0 aliphatic carbocycles. The summed E-state index contributed by atoms with van der Waals surface area (Å²) < 4.78 is 9.95. The van der Waals surface area contributed by atoms with Crippen molar-refractivity contribution < 1.29 is 19.1 Å². The zero-order valence-electron chi connectivity index (χ0n) is 11.2. The van der Waals surface area contributed by atoms with Crippen LogP contribution in [-0.2, 0) is 19.1 Å². The van der Waals surface area contributed by atoms with E-state index in [4.69, 9.17) is 9.47 Å². The lowest BCUT2D eigenvalue weighted by Crippen LogP contribution is -2.24. The second-order valence-corrected chi connectivity index (χ2v) is 3.84. The van der Waals surface area contributed by atoms with E-state index in [1.54, 1.807) is 0 Å². The van der Waals surface area contributed by atoms with E-state index in [1.165, 1.54) is 0 Å². The third kappa shape index (κ3) is 8.05. The van der Waals surface area contributed by atoms with Gasteiger partial charge in [-0.15, -0.1) is 0 Å². The third-order valence-electron chi connectivity index (χ3n) is 2.46. The molecule has 2 rings (SSSR count). The first kappa shape index (κ1) is 16.3. The van der Waals surface area contributed by atoms with E-state index in [-0.39, 0.29) is 5.92 Å². The van der Waals surface area contributed by atoms with Crippen molar-refractivity contribution >= 4 is 11.6 Å². The predicted octanol–water partition coefficient (Wildman–Crippen LogP) is 2.00. The van der Waals surface area contributed by atoms with Crippen molar-refractivity contribution in [1.82, 2.24) is 0 Å². The number of hydrogen-bond donors (Lipinski definition) is 0. The first-order valence-electron chi connectivity index (χ1n) is 6.40. The SMILES string of the molecule is CC.CC1COCCC1=O.O=C1CCOCC1. The summed E-state index contributed by atoms with van der Waals surface area (Å²) in [4.78, 5) is 21.1. The Kier molecular flexibility index (Phi) is 9.96. The van der Waals surface area contributed by atoms with Crippen LogP contribution in [0.4, 0.5) is 0 Å². The molecule has 17 heavy (non-hydrogen) atoms. The Bertz CT molecular complexity index is 217. The average Bonchev–Trinajstić information content (AvgIpc) is 2.37. The highest BCUT2D eigenvalue weighted by atomic mass is 16.5. The Balaban J connectivity index is 0.000000265. The number of ether oxygens (including phenoxy) is 2. The molecule has 0 radical (unpaired) electrons. The summed E-state index contributed by atoms with van der Waals surface area (Å²) in [5.74, 6) is 0.825. The monoisotopic (exact) mass is 244 g/mol. The number of ketones is 2. The maximum absolute atomic E-state index is 10.7. The van der Waals surface area contributed by atoms with Gasteiger partial charge in [-0.05, 0) is 0 Å². The third-order valence-corrected chi connectivity index (χ3v) is 2.46. The number of Topliss-reactive ketones (excluding diaryl/α,β-unsaturated/α-hetero) is 2. The minimum atomic E-state index is 0.142. The summed E-state index contributed by atoms with van der Waals surface area (Å²) in [6.45, 7) is 8.43. The zero-order valence-corrected chi connectivity index (χ0v) is 11.2. The van der Waals surface area contributed by atoms with Crippen LogP contribution in [0.1, 0.15) is 40.0 Å². The summed E-state index contributed by atoms with van der Waals surface area (Å²) in [6, 6.07) is 0. The molecule has 4 heteroatoms. The fraction of sp³-hybridized carbons (Fsp3) is 0.846. The fourth-order valence-corrected chi connectivity index (χ4v) is 1.37. The molecule has 2 saturated heterocycles. The Morgan fingerprint density at radius 2 is 1.47 bits per heavy atom. The highest BCUT2D eigenvalue weighted by molar-refractivity contribution is 5.81. The molecule has 0 saturated carbocycles. The summed E-state index contributed by atoms with van der Waals surface area (Å²) in [6.07, 6.45) is 1.86. The maximum Gasteiger partial charge on any atom is 0.140 e. The van der Waals surface area contributed by atoms with E-state index in [9.17, 15) is 9.59 Å². The summed E-state index contributed by atoms with van der Waals surface area (Å²) in [5.41, 5.74) is 0. The molecule has 0 aromatic rings. The van der Waals surface area contributed by atoms with Crippen LogP contribution in [-0.4, -0.2) is 38.0 Å². The molecule has 2 heterocycles. The Hall–Kier alpha value is -0.740. The van der Waals surface area contributed by atoms with Gasteiger partial charge in [0.15, 0.2) is 0 Å². The minimum absolute atomic E-state index is 0.142. The summed E-state index contributed by atoms with van der Waals surface area (Å²) >= 11 is 0. The molecular weight excluding hydrogens is 220 g/mol. The number of carbonyl (C=O) groups excluding carboxylic acids is 2. The molecule has 0 aromatic carbocycles. The van der Waals surface area contributed by atoms with Crippen LogP contribution in [0, 0.1) is 5.92 Å². The lowest BCUT2D eigenvalue weighted by Gasteiger charge is -2.15. The topological polar surface area (TPSA) is 52.6 Å². The predicted molar refractivity (Wildman–Crippen MR) is 66.0 cm³/mol. The van der Waals surface area contributed by atoms with Crippen molar-refractivity contribution in [3.05, 3.63) is 0 Å². The lowest BCUT2D eigenvalue weighted by atomic mass is 10.0. The molecule has 0 N–H and O–H groups in total. The molecule has 2 aliphatic heterocycles. The molecule has 0 aromatic heterocycles. The van der Waals surface area contributed by atoms with Crippen molar-refractivity contribution in [1.29, 1.82) is 0 Å². The molecule has 2 aliphatic rings. The molecule has 0 amide bonds. The zero-order chi connectivity index (χ0) is 13.1. The normalized spacial score (nSPS) is 24.1. The van der Waals surface area contributed by atoms with Gasteiger partial charge in [0.25, 0.3) is 0 Å². The molecule has 4 nitrogen and oxygen atoms in total. The number of rotatable bonds is 0. The van der Waals surface area contributed by atoms with Gasteiger partial charge in [0.1, 0.15) is 11.6 Å². The quantitative estimate of drug-likeness (QED) is 0.654. The van der Waals surface area contributed by atoms with Crippen LogP contribution in [0.3, 0.4) is 0 Å². The second-order valence-electron chi connectivity index (χ2n) is 3.84. The standard InChI is InChI=1S/C6H10O2.C5H8O2.C2H6/c1-5-4-8-3-2-6(5)7;6-5-1-3-7-4-2-5;1-2/h5H,2-4H2,1H3;1-4H2;1-2H3. The van der Waals surface area contributed by atoms with E-state index >= 15 is 0 Å². The number of hydrogen-bond acceptors (Lipinski definition) is 4. The van der Waals surface area contributed by atoms with Crippen molar-refractivity contribution in [3.63, 3.8) is 0 Å². The van der Waals surface area contributed by atoms with Gasteiger partial charge in [0, 0.05) is 25.2 Å². The van der Waals surface area contributed by atoms with E-state index < -0.39 is 0 Å². The van der Waals surface area contributed by atoms with Crippen LogP contribution in [0.15, 0.2) is 0 Å². The van der Waals surface area contributed by atoms with Crippen LogP contribution in [0.2, 0.25) is 0 Å². The van der Waals surface area contributed by atoms with Gasteiger partial charge >= 0.3 is 0 Å². The van der Waals surface area contributed by atoms with Crippen molar-refractivity contribution in [2.45, 2.75) is 40.0 Å². The molecule has 1 unspecified atom stereocenters. The first-order valence-corrected chi connectivity index (χ1v) is 6.40. The number of carbonyl (C=O) groups is 2. The van der Waals surface area contributed by atoms with Crippen molar-refractivity contribution in [2.24, 2.45) is 5.92 Å². The minimum Gasteiger partial charge on any atom is -0.381 e. The Labute approximate surface area is 104 Å². The van der Waals surface area contributed by atoms with Crippen LogP contribution < -0.4 is 0 Å². The summed E-state index contributed by atoms with van der Waals surface area (Å²) in [5, 5.41) is 0. The molecule has 100 valence electrons. The average molecular weight is 244 g/mol. The molecule has 1 atom stereocenters. The van der Waals surface area contributed by atoms with Gasteiger partial charge in [0.2, 0.25) is 0 Å². The van der Waals surface area contributed by atoms with Crippen LogP contribution in [0.5, 0.6) is 0 Å². The van der Waals surface area contributed by atoms with Gasteiger partial charge < -0.3 is 9.47 Å². The molecule has 0 bridgehead atoms. The Morgan fingerprint density at radius 3 is 1.76 bits per heavy atom. The molecule has 2 fully saturated rings. The van der Waals surface area contributed by atoms with E-state index in [1.807, 2.05) is 20.8 Å². The fourth-order valence-electron chi connectivity index (χ4n) is 1.37. The van der Waals surface area contributed by atoms with E-state index in [2.05, 4.69) is 0 Å². The van der Waals surface area contributed by atoms with Gasteiger partial charge in [-0.25, -0.2) is 0 Å². The van der Waals surface area contributed by atoms with Crippen molar-refractivity contribution in [3.8, 4) is 0 Å². The van der Waals surface area contributed by atoms with Gasteiger partial charge in [-0.2, -0.15) is 0 Å². The maximum atomic E-state index is 10.7. The summed E-state index contributed by atoms with van der Waals surface area (Å²) in [7, 11) is 0. The Morgan fingerprint density at radius 1 is 0.941 bits per heavy atom. The lowest BCUT2D eigenvalue weighted by molar-refractivity contribution is -0.129. The highest BCUT2D eigenvalue weighted by Gasteiger charge is 2.16. The molecular formula is C13H24O4. The van der Waals surface area contributed by atoms with E-state index in [0.717, 1.165) is 0 Å². The van der Waals surface area contributed by atoms with Crippen LogP contribution >= 0.6 is 0 Å². The van der Waals surface area contributed by atoms with E-state index in [0.29, 0.717) is 57.3 Å². The van der Waals surface area contributed by atoms with Crippen LogP contribution in [0.25, 0.3) is 0 Å². The van der Waals surface area contributed by atoms with Crippen molar-refractivity contribution in [2.75, 3.05) is 26.4 Å². The van der Waals surface area contributed by atoms with Gasteiger partial charge in [-0.3, -0.25) is 9.59 Å².